The summed E-state index contributed by atoms with van der Waals surface area (Å²) in [5.74, 6) is 0.269. The van der Waals surface area contributed by atoms with Gasteiger partial charge >= 0.3 is 0 Å². The topological polar surface area (TPSA) is 55.8 Å². The number of carbonyl (C=O) groups is 2. The van der Waals surface area contributed by atoms with Crippen LogP contribution in [0.1, 0.15) is 11.1 Å². The molecule has 0 spiro atoms. The van der Waals surface area contributed by atoms with E-state index in [1.54, 1.807) is 48.5 Å². The summed E-state index contributed by atoms with van der Waals surface area (Å²) in [6.45, 7) is 0.191. The molecule has 0 unspecified atom stereocenters. The van der Waals surface area contributed by atoms with Gasteiger partial charge in [0.2, 0.25) is 0 Å². The van der Waals surface area contributed by atoms with E-state index in [0.717, 1.165) is 22.2 Å². The Labute approximate surface area is 209 Å². The first-order valence-electron chi connectivity index (χ1n) is 9.65. The average molecular weight is 521 g/mol. The number of rotatable bonds is 6. The Morgan fingerprint density at radius 1 is 0.939 bits per heavy atom. The molecule has 1 fully saturated rings. The first-order chi connectivity index (χ1) is 15.9. The van der Waals surface area contributed by atoms with Gasteiger partial charge in [-0.1, -0.05) is 65.1 Å². The van der Waals surface area contributed by atoms with Crippen LogP contribution in [0.25, 0.3) is 6.08 Å². The summed E-state index contributed by atoms with van der Waals surface area (Å²) >= 11 is 19.8. The molecule has 0 atom stereocenters. The van der Waals surface area contributed by atoms with Gasteiger partial charge in [-0.05, 0) is 53.7 Å². The molecular weight excluding hydrogens is 505 g/mol. The SMILES string of the molecule is COc1ccccc1N1C(=O)S/C(=C\c2cc(Cl)c(OCc3ccccc3Cl)c(Cl)c2)C1=O. The molecule has 1 saturated heterocycles. The predicted octanol–water partition coefficient (Wildman–Crippen LogP) is 7.48. The number of hydrogen-bond donors (Lipinski definition) is 0. The number of para-hydroxylation sites is 2. The van der Waals surface area contributed by atoms with E-state index in [1.807, 2.05) is 18.2 Å². The standard InChI is InChI=1S/C24H16Cl3NO4S/c1-31-20-9-5-4-8-19(20)28-23(29)21(33-24(28)30)12-14-10-17(26)22(18(27)11-14)32-13-15-6-2-3-7-16(15)25/h2-12H,13H2,1H3/b21-12-. The maximum Gasteiger partial charge on any atom is 0.298 e. The molecule has 0 bridgehead atoms. The Hall–Kier alpha value is -2.64. The van der Waals surface area contributed by atoms with E-state index in [9.17, 15) is 9.59 Å². The number of methoxy groups -OCH3 is 1. The molecule has 33 heavy (non-hydrogen) atoms. The summed E-state index contributed by atoms with van der Waals surface area (Å²) in [5, 5.41) is 0.689. The van der Waals surface area contributed by atoms with Crippen molar-refractivity contribution in [1.82, 2.24) is 0 Å². The average Bonchev–Trinajstić information content (AvgIpc) is 3.06. The Morgan fingerprint density at radius 3 is 2.30 bits per heavy atom. The second-order valence-electron chi connectivity index (χ2n) is 6.88. The lowest BCUT2D eigenvalue weighted by Crippen LogP contribution is -2.28. The number of anilines is 1. The Kier molecular flexibility index (Phi) is 7.20. The quantitative estimate of drug-likeness (QED) is 0.315. The molecule has 3 aromatic rings. The number of nitrogens with zero attached hydrogens (tertiary/aromatic N) is 1. The molecule has 1 heterocycles. The first-order valence-corrected chi connectivity index (χ1v) is 11.6. The van der Waals surface area contributed by atoms with E-state index >= 15 is 0 Å². The summed E-state index contributed by atoms with van der Waals surface area (Å²) in [6.07, 6.45) is 1.57. The minimum Gasteiger partial charge on any atom is -0.495 e. The number of thioether (sulfide) groups is 1. The van der Waals surface area contributed by atoms with Gasteiger partial charge < -0.3 is 9.47 Å². The van der Waals surface area contributed by atoms with Crippen LogP contribution in [0, 0.1) is 0 Å². The fraction of sp³-hybridized carbons (Fsp3) is 0.0833. The molecule has 0 aromatic heterocycles. The second kappa shape index (κ2) is 10.1. The third-order valence-electron chi connectivity index (χ3n) is 4.77. The van der Waals surface area contributed by atoms with E-state index in [-0.39, 0.29) is 21.6 Å². The van der Waals surface area contributed by atoms with Crippen molar-refractivity contribution in [2.24, 2.45) is 0 Å². The maximum atomic E-state index is 13.0. The van der Waals surface area contributed by atoms with Crippen LogP contribution in [0.4, 0.5) is 10.5 Å². The van der Waals surface area contributed by atoms with Crippen LogP contribution in [0.5, 0.6) is 11.5 Å². The van der Waals surface area contributed by atoms with Crippen molar-refractivity contribution in [2.75, 3.05) is 12.0 Å². The summed E-state index contributed by atoms with van der Waals surface area (Å²) in [5.41, 5.74) is 1.73. The first kappa shape index (κ1) is 23.5. The zero-order valence-electron chi connectivity index (χ0n) is 17.2. The molecule has 2 amide bonds. The molecule has 4 rings (SSSR count). The van der Waals surface area contributed by atoms with Crippen molar-refractivity contribution in [1.29, 1.82) is 0 Å². The number of halogens is 3. The summed E-state index contributed by atoms with van der Waals surface area (Å²) < 4.78 is 11.1. The summed E-state index contributed by atoms with van der Waals surface area (Å²) in [6, 6.07) is 17.4. The molecule has 1 aliphatic heterocycles. The highest BCUT2D eigenvalue weighted by molar-refractivity contribution is 8.19. The summed E-state index contributed by atoms with van der Waals surface area (Å²) in [7, 11) is 1.48. The maximum absolute atomic E-state index is 13.0. The molecule has 0 saturated carbocycles. The van der Waals surface area contributed by atoms with E-state index < -0.39 is 11.1 Å². The minimum absolute atomic E-state index is 0.191. The zero-order chi connectivity index (χ0) is 23.5. The molecule has 1 aliphatic rings. The second-order valence-corrected chi connectivity index (χ2v) is 9.10. The van der Waals surface area contributed by atoms with Gasteiger partial charge in [-0.2, -0.15) is 0 Å². The van der Waals surface area contributed by atoms with Crippen LogP contribution >= 0.6 is 46.6 Å². The molecule has 3 aromatic carbocycles. The van der Waals surface area contributed by atoms with Gasteiger partial charge in [0.1, 0.15) is 12.4 Å². The summed E-state index contributed by atoms with van der Waals surface area (Å²) in [4.78, 5) is 26.9. The van der Waals surface area contributed by atoms with Gasteiger partial charge in [0.05, 0.1) is 27.7 Å². The number of amides is 2. The molecule has 0 aliphatic carbocycles. The van der Waals surface area contributed by atoms with Crippen molar-refractivity contribution in [3.8, 4) is 11.5 Å². The van der Waals surface area contributed by atoms with Crippen molar-refractivity contribution in [2.45, 2.75) is 6.61 Å². The normalized spacial score (nSPS) is 14.8. The molecule has 5 nitrogen and oxygen atoms in total. The van der Waals surface area contributed by atoms with Gasteiger partial charge in [0.15, 0.2) is 5.75 Å². The number of benzene rings is 3. The third-order valence-corrected chi connectivity index (χ3v) is 6.57. The van der Waals surface area contributed by atoms with Gasteiger partial charge in [-0.15, -0.1) is 0 Å². The van der Waals surface area contributed by atoms with Crippen LogP contribution in [0.3, 0.4) is 0 Å². The zero-order valence-corrected chi connectivity index (χ0v) is 20.3. The number of carbonyl (C=O) groups excluding carboxylic acids is 2. The number of ether oxygens (including phenoxy) is 2. The molecule has 0 radical (unpaired) electrons. The fourth-order valence-electron chi connectivity index (χ4n) is 3.21. The minimum atomic E-state index is -0.458. The molecule has 9 heteroatoms. The Balaban J connectivity index is 1.57. The van der Waals surface area contributed by atoms with Gasteiger partial charge in [-0.3, -0.25) is 9.59 Å². The van der Waals surface area contributed by atoms with Crippen molar-refractivity contribution in [3.05, 3.63) is 91.8 Å². The van der Waals surface area contributed by atoms with Gasteiger partial charge in [0, 0.05) is 10.6 Å². The van der Waals surface area contributed by atoms with Crippen LogP contribution < -0.4 is 14.4 Å². The highest BCUT2D eigenvalue weighted by Gasteiger charge is 2.37. The van der Waals surface area contributed by atoms with Crippen LogP contribution in [-0.4, -0.2) is 18.3 Å². The van der Waals surface area contributed by atoms with Gasteiger partial charge in [-0.25, -0.2) is 4.90 Å². The van der Waals surface area contributed by atoms with Crippen LogP contribution in [0.2, 0.25) is 15.1 Å². The number of hydrogen-bond acceptors (Lipinski definition) is 5. The van der Waals surface area contributed by atoms with Crippen LogP contribution in [0.15, 0.2) is 65.6 Å². The lowest BCUT2D eigenvalue weighted by Gasteiger charge is -2.15. The lowest BCUT2D eigenvalue weighted by atomic mass is 10.2. The smallest absolute Gasteiger partial charge is 0.298 e. The third kappa shape index (κ3) is 4.99. The predicted molar refractivity (Wildman–Crippen MR) is 134 cm³/mol. The Bertz CT molecular complexity index is 1260. The van der Waals surface area contributed by atoms with E-state index in [4.69, 9.17) is 44.3 Å². The lowest BCUT2D eigenvalue weighted by molar-refractivity contribution is -0.113. The number of imide groups is 1. The fourth-order valence-corrected chi connectivity index (χ4v) is 4.85. The largest absolute Gasteiger partial charge is 0.495 e. The van der Waals surface area contributed by atoms with Crippen molar-refractivity contribution in [3.63, 3.8) is 0 Å². The van der Waals surface area contributed by atoms with E-state index in [1.165, 1.54) is 7.11 Å². The highest BCUT2D eigenvalue weighted by Crippen LogP contribution is 2.41. The van der Waals surface area contributed by atoms with E-state index in [2.05, 4.69) is 0 Å². The highest BCUT2D eigenvalue weighted by atomic mass is 35.5. The molecular formula is C24H16Cl3NO4S. The molecule has 0 N–H and O–H groups in total. The van der Waals surface area contributed by atoms with Crippen LogP contribution in [-0.2, 0) is 11.4 Å². The van der Waals surface area contributed by atoms with E-state index in [0.29, 0.717) is 27.8 Å². The molecule has 168 valence electrons. The van der Waals surface area contributed by atoms with Crippen molar-refractivity contribution >= 4 is 69.5 Å². The monoisotopic (exact) mass is 519 g/mol. The Morgan fingerprint density at radius 2 is 1.61 bits per heavy atom. The van der Waals surface area contributed by atoms with Crippen molar-refractivity contribution < 1.29 is 19.1 Å². The van der Waals surface area contributed by atoms with Gasteiger partial charge in [0.25, 0.3) is 11.1 Å².